The first-order valence-corrected chi connectivity index (χ1v) is 6.99. The van der Waals surface area contributed by atoms with Crippen molar-refractivity contribution in [3.8, 4) is 0 Å². The maximum absolute atomic E-state index is 12.6. The largest absolute Gasteiger partial charge is 0.328 e. The minimum absolute atomic E-state index is 0.0326. The van der Waals surface area contributed by atoms with E-state index in [1.165, 1.54) is 5.56 Å². The topological polar surface area (TPSA) is 56.0 Å². The number of aryl methyl sites for hydroxylation is 1. The molecule has 1 aromatic heterocycles. The number of fused-ring (bicyclic) bond motifs is 1. The second kappa shape index (κ2) is 4.81. The molecule has 18 heavy (non-hydrogen) atoms. The van der Waals surface area contributed by atoms with Crippen molar-refractivity contribution >= 4 is 5.78 Å². The van der Waals surface area contributed by atoms with E-state index in [4.69, 9.17) is 5.73 Å². The highest BCUT2D eigenvalue weighted by Crippen LogP contribution is 2.36. The van der Waals surface area contributed by atoms with E-state index in [1.807, 2.05) is 12.3 Å². The zero-order chi connectivity index (χ0) is 12.5. The standard InChI is InChI=1S/C15H20N2O/c16-12-7-6-11(9-12)15(18)13-5-1-3-10-4-2-8-17-14(10)13/h2,4,8,11-13H,1,3,5-7,9,16H2. The number of ketones is 1. The van der Waals surface area contributed by atoms with Crippen molar-refractivity contribution < 1.29 is 4.79 Å². The van der Waals surface area contributed by atoms with Gasteiger partial charge in [-0.2, -0.15) is 0 Å². The van der Waals surface area contributed by atoms with Crippen LogP contribution in [0.4, 0.5) is 0 Å². The lowest BCUT2D eigenvalue weighted by molar-refractivity contribution is -0.124. The van der Waals surface area contributed by atoms with Crippen molar-refractivity contribution in [2.45, 2.75) is 50.5 Å². The third-order valence-electron chi connectivity index (χ3n) is 4.41. The normalized spacial score (nSPS) is 31.1. The fraction of sp³-hybridized carbons (Fsp3) is 0.600. The van der Waals surface area contributed by atoms with E-state index in [9.17, 15) is 4.79 Å². The Labute approximate surface area is 108 Å². The minimum atomic E-state index is 0.0326. The maximum Gasteiger partial charge on any atom is 0.145 e. The van der Waals surface area contributed by atoms with E-state index < -0.39 is 0 Å². The van der Waals surface area contributed by atoms with E-state index >= 15 is 0 Å². The summed E-state index contributed by atoms with van der Waals surface area (Å²) < 4.78 is 0. The van der Waals surface area contributed by atoms with Gasteiger partial charge in [0, 0.05) is 18.2 Å². The van der Waals surface area contributed by atoms with Gasteiger partial charge in [-0.05, 0) is 50.2 Å². The number of aromatic nitrogens is 1. The van der Waals surface area contributed by atoms with Crippen LogP contribution in [0.1, 0.15) is 49.3 Å². The van der Waals surface area contributed by atoms with Crippen molar-refractivity contribution in [2.75, 3.05) is 0 Å². The van der Waals surface area contributed by atoms with Gasteiger partial charge in [-0.25, -0.2) is 0 Å². The number of rotatable bonds is 2. The summed E-state index contributed by atoms with van der Waals surface area (Å²) in [4.78, 5) is 17.1. The second-order valence-electron chi connectivity index (χ2n) is 5.67. The number of nitrogens with zero attached hydrogens (tertiary/aromatic N) is 1. The first-order chi connectivity index (χ1) is 8.75. The molecule has 3 atom stereocenters. The predicted octanol–water partition coefficient (Wildman–Crippen LogP) is 2.20. The molecule has 0 radical (unpaired) electrons. The first-order valence-electron chi connectivity index (χ1n) is 6.99. The van der Waals surface area contributed by atoms with Gasteiger partial charge in [0.1, 0.15) is 5.78 Å². The molecule has 1 fully saturated rings. The summed E-state index contributed by atoms with van der Waals surface area (Å²) in [6, 6.07) is 4.31. The lowest BCUT2D eigenvalue weighted by Crippen LogP contribution is -2.26. The number of hydrogen-bond acceptors (Lipinski definition) is 3. The Hall–Kier alpha value is -1.22. The molecular weight excluding hydrogens is 224 g/mol. The lowest BCUT2D eigenvalue weighted by atomic mass is 9.79. The summed E-state index contributed by atoms with van der Waals surface area (Å²) in [5.41, 5.74) is 8.22. The molecule has 0 spiro atoms. The van der Waals surface area contributed by atoms with Gasteiger partial charge >= 0.3 is 0 Å². The highest BCUT2D eigenvalue weighted by atomic mass is 16.1. The number of Topliss-reactive ketones (excluding diaryl/α,β-unsaturated/α-hetero) is 1. The molecule has 1 heterocycles. The highest BCUT2D eigenvalue weighted by Gasteiger charge is 2.35. The number of carbonyl (C=O) groups excluding carboxylic acids is 1. The summed E-state index contributed by atoms with van der Waals surface area (Å²) in [7, 11) is 0. The molecule has 1 aromatic rings. The average Bonchev–Trinajstić information content (AvgIpc) is 2.84. The van der Waals surface area contributed by atoms with Crippen molar-refractivity contribution in [1.29, 1.82) is 0 Å². The van der Waals surface area contributed by atoms with Crippen LogP contribution in [-0.2, 0) is 11.2 Å². The zero-order valence-electron chi connectivity index (χ0n) is 10.6. The molecule has 96 valence electrons. The summed E-state index contributed by atoms with van der Waals surface area (Å²) in [6.07, 6.45) is 7.79. The van der Waals surface area contributed by atoms with E-state index in [-0.39, 0.29) is 17.9 Å². The summed E-state index contributed by atoms with van der Waals surface area (Å²) in [6.45, 7) is 0. The Morgan fingerprint density at radius 1 is 1.33 bits per heavy atom. The fourth-order valence-corrected chi connectivity index (χ4v) is 3.45. The first kappa shape index (κ1) is 11.8. The van der Waals surface area contributed by atoms with Gasteiger partial charge in [-0.3, -0.25) is 9.78 Å². The summed E-state index contributed by atoms with van der Waals surface area (Å²) >= 11 is 0. The Bertz CT molecular complexity index is 458. The quantitative estimate of drug-likeness (QED) is 0.867. The monoisotopic (exact) mass is 244 g/mol. The molecular formula is C15H20N2O. The Kier molecular flexibility index (Phi) is 3.16. The van der Waals surface area contributed by atoms with E-state index in [0.717, 1.165) is 44.2 Å². The van der Waals surface area contributed by atoms with Crippen LogP contribution in [0.15, 0.2) is 18.3 Å². The molecule has 3 heteroatoms. The van der Waals surface area contributed by atoms with E-state index in [0.29, 0.717) is 5.78 Å². The van der Waals surface area contributed by atoms with Crippen molar-refractivity contribution in [3.05, 3.63) is 29.6 Å². The smallest absolute Gasteiger partial charge is 0.145 e. The molecule has 2 aliphatic carbocycles. The second-order valence-corrected chi connectivity index (χ2v) is 5.67. The van der Waals surface area contributed by atoms with Gasteiger partial charge in [0.15, 0.2) is 0 Å². The highest BCUT2D eigenvalue weighted by molar-refractivity contribution is 5.88. The molecule has 3 rings (SSSR count). The van der Waals surface area contributed by atoms with Crippen LogP contribution in [0.25, 0.3) is 0 Å². The van der Waals surface area contributed by atoms with Gasteiger partial charge < -0.3 is 5.73 Å². The number of hydrogen-bond donors (Lipinski definition) is 1. The van der Waals surface area contributed by atoms with Crippen molar-refractivity contribution in [1.82, 2.24) is 4.98 Å². The third kappa shape index (κ3) is 2.07. The molecule has 0 saturated heterocycles. The number of pyridine rings is 1. The molecule has 0 amide bonds. The fourth-order valence-electron chi connectivity index (χ4n) is 3.45. The molecule has 2 N–H and O–H groups in total. The van der Waals surface area contributed by atoms with Gasteiger partial charge in [0.2, 0.25) is 0 Å². The summed E-state index contributed by atoms with van der Waals surface area (Å²) in [5.74, 6) is 0.603. The van der Waals surface area contributed by atoms with Crippen molar-refractivity contribution in [2.24, 2.45) is 11.7 Å². The van der Waals surface area contributed by atoms with Gasteiger partial charge in [-0.15, -0.1) is 0 Å². The van der Waals surface area contributed by atoms with Crippen LogP contribution in [0, 0.1) is 5.92 Å². The van der Waals surface area contributed by atoms with E-state index in [2.05, 4.69) is 11.1 Å². The molecule has 0 bridgehead atoms. The Morgan fingerprint density at radius 3 is 3.00 bits per heavy atom. The Balaban J connectivity index is 1.83. The minimum Gasteiger partial charge on any atom is -0.328 e. The van der Waals surface area contributed by atoms with Crippen LogP contribution in [0.2, 0.25) is 0 Å². The number of nitrogens with two attached hydrogens (primary N) is 1. The lowest BCUT2D eigenvalue weighted by Gasteiger charge is -2.25. The molecule has 0 aromatic carbocycles. The van der Waals surface area contributed by atoms with Gasteiger partial charge in [0.05, 0.1) is 11.6 Å². The van der Waals surface area contributed by atoms with Crippen molar-refractivity contribution in [3.63, 3.8) is 0 Å². The SMILES string of the molecule is NC1CCC(C(=O)C2CCCc3cccnc32)C1. The van der Waals surface area contributed by atoms with Crippen LogP contribution in [-0.4, -0.2) is 16.8 Å². The van der Waals surface area contributed by atoms with Crippen LogP contribution in [0.3, 0.4) is 0 Å². The Morgan fingerprint density at radius 2 is 2.22 bits per heavy atom. The average molecular weight is 244 g/mol. The van der Waals surface area contributed by atoms with Crippen LogP contribution in [0.5, 0.6) is 0 Å². The van der Waals surface area contributed by atoms with Gasteiger partial charge in [0.25, 0.3) is 0 Å². The van der Waals surface area contributed by atoms with Crippen LogP contribution < -0.4 is 5.73 Å². The molecule has 3 unspecified atom stereocenters. The zero-order valence-corrected chi connectivity index (χ0v) is 10.6. The van der Waals surface area contributed by atoms with Gasteiger partial charge in [-0.1, -0.05) is 6.07 Å². The molecule has 2 aliphatic rings. The van der Waals surface area contributed by atoms with Crippen LogP contribution >= 0.6 is 0 Å². The molecule has 1 saturated carbocycles. The number of carbonyl (C=O) groups is 1. The summed E-state index contributed by atoms with van der Waals surface area (Å²) in [5, 5.41) is 0. The predicted molar refractivity (Wildman–Crippen MR) is 70.2 cm³/mol. The third-order valence-corrected chi connectivity index (χ3v) is 4.41. The molecule has 3 nitrogen and oxygen atoms in total. The van der Waals surface area contributed by atoms with E-state index in [1.54, 1.807) is 0 Å². The molecule has 0 aliphatic heterocycles. The maximum atomic E-state index is 12.6.